The van der Waals surface area contributed by atoms with Gasteiger partial charge < -0.3 is 9.64 Å². The maximum absolute atomic E-state index is 12.4. The van der Waals surface area contributed by atoms with Gasteiger partial charge in [0.15, 0.2) is 0 Å². The highest BCUT2D eigenvalue weighted by atomic mass is 32.2. The van der Waals surface area contributed by atoms with Gasteiger partial charge in [-0.1, -0.05) is 0 Å². The van der Waals surface area contributed by atoms with Crippen LogP contribution in [0.1, 0.15) is 36.0 Å². The quantitative estimate of drug-likeness (QED) is 0.776. The highest BCUT2D eigenvalue weighted by Gasteiger charge is 2.30. The molecule has 144 valence electrons. The van der Waals surface area contributed by atoms with Crippen LogP contribution in [0.25, 0.3) is 0 Å². The highest BCUT2D eigenvalue weighted by Crippen LogP contribution is 2.22. The summed E-state index contributed by atoms with van der Waals surface area (Å²) in [6.45, 7) is 2.59. The molecule has 1 amide bonds. The third-order valence-corrected chi connectivity index (χ3v) is 6.93. The van der Waals surface area contributed by atoms with E-state index in [1.54, 1.807) is 14.1 Å². The third-order valence-electron chi connectivity index (χ3n) is 4.99. The Kier molecular flexibility index (Phi) is 5.84. The monoisotopic (exact) mass is 381 g/mol. The van der Waals surface area contributed by atoms with E-state index in [0.29, 0.717) is 31.5 Å². The molecule has 0 saturated carbocycles. The van der Waals surface area contributed by atoms with Crippen LogP contribution in [-0.2, 0) is 10.2 Å². The van der Waals surface area contributed by atoms with Gasteiger partial charge in [-0.2, -0.15) is 17.0 Å². The summed E-state index contributed by atoms with van der Waals surface area (Å²) in [5.74, 6) is 0.799. The molecule has 7 nitrogen and oxygen atoms in total. The summed E-state index contributed by atoms with van der Waals surface area (Å²) in [7, 11) is -0.261. The Bertz CT molecular complexity index is 719. The number of nitrogens with zero attached hydrogens (tertiary/aromatic N) is 3. The van der Waals surface area contributed by atoms with E-state index in [-0.39, 0.29) is 12.0 Å². The largest absolute Gasteiger partial charge is 0.490 e. The zero-order valence-corrected chi connectivity index (χ0v) is 16.2. The summed E-state index contributed by atoms with van der Waals surface area (Å²) >= 11 is 0. The second-order valence-electron chi connectivity index (χ2n) is 7.03. The number of benzene rings is 1. The number of hydrogen-bond donors (Lipinski definition) is 0. The molecule has 0 aromatic heterocycles. The molecule has 0 spiro atoms. The highest BCUT2D eigenvalue weighted by molar-refractivity contribution is 7.86. The second kappa shape index (κ2) is 7.94. The number of piperidine rings is 1. The number of amides is 1. The maximum atomic E-state index is 12.4. The van der Waals surface area contributed by atoms with E-state index in [1.807, 2.05) is 29.2 Å². The number of carbonyl (C=O) groups excluding carboxylic acids is 1. The summed E-state index contributed by atoms with van der Waals surface area (Å²) in [6.07, 6.45) is 3.46. The standard InChI is InChI=1S/C18H27N3O4S/c1-19(2)26(23,24)21-13-9-17(10-14-21)25-16-7-5-15(6-8-16)18(22)20-11-3-4-12-20/h5-8,17H,3-4,9-14H2,1-2H3. The molecular weight excluding hydrogens is 354 g/mol. The van der Waals surface area contributed by atoms with Crippen LogP contribution >= 0.6 is 0 Å². The predicted molar refractivity (Wildman–Crippen MR) is 99.4 cm³/mol. The van der Waals surface area contributed by atoms with Gasteiger partial charge in [-0.05, 0) is 49.9 Å². The van der Waals surface area contributed by atoms with Crippen molar-refractivity contribution in [3.8, 4) is 5.75 Å². The zero-order valence-electron chi connectivity index (χ0n) is 15.4. The molecule has 2 aliphatic rings. The van der Waals surface area contributed by atoms with Gasteiger partial charge in [-0.15, -0.1) is 0 Å². The van der Waals surface area contributed by atoms with E-state index in [0.717, 1.165) is 31.7 Å². The predicted octanol–water partition coefficient (Wildman–Crippen LogP) is 1.57. The topological polar surface area (TPSA) is 70.2 Å². The molecule has 2 heterocycles. The zero-order chi connectivity index (χ0) is 18.7. The number of hydrogen-bond acceptors (Lipinski definition) is 4. The van der Waals surface area contributed by atoms with Gasteiger partial charge in [0.05, 0.1) is 0 Å². The SMILES string of the molecule is CN(C)S(=O)(=O)N1CCC(Oc2ccc(C(=O)N3CCCC3)cc2)CC1. The lowest BCUT2D eigenvalue weighted by molar-refractivity contribution is 0.0792. The Hall–Kier alpha value is -1.64. The van der Waals surface area contributed by atoms with Gasteiger partial charge in [-0.25, -0.2) is 0 Å². The van der Waals surface area contributed by atoms with Crippen molar-refractivity contribution >= 4 is 16.1 Å². The fraction of sp³-hybridized carbons (Fsp3) is 0.611. The van der Waals surface area contributed by atoms with Crippen LogP contribution < -0.4 is 4.74 Å². The molecule has 3 rings (SSSR count). The fourth-order valence-electron chi connectivity index (χ4n) is 3.38. The minimum Gasteiger partial charge on any atom is -0.490 e. The summed E-state index contributed by atoms with van der Waals surface area (Å²) < 4.78 is 33.0. The van der Waals surface area contributed by atoms with Gasteiger partial charge in [0.2, 0.25) is 0 Å². The lowest BCUT2D eigenvalue weighted by Crippen LogP contribution is -2.46. The van der Waals surface area contributed by atoms with E-state index >= 15 is 0 Å². The number of carbonyl (C=O) groups is 1. The summed E-state index contributed by atoms with van der Waals surface area (Å²) in [6, 6.07) is 7.27. The van der Waals surface area contributed by atoms with Gasteiger partial charge in [0, 0.05) is 45.8 Å². The first-order valence-corrected chi connectivity index (χ1v) is 10.5. The van der Waals surface area contributed by atoms with Crippen molar-refractivity contribution in [1.82, 2.24) is 13.5 Å². The minimum atomic E-state index is -3.35. The van der Waals surface area contributed by atoms with Gasteiger partial charge in [0.25, 0.3) is 16.1 Å². The van der Waals surface area contributed by atoms with Gasteiger partial charge >= 0.3 is 0 Å². The second-order valence-corrected chi connectivity index (χ2v) is 9.17. The number of likely N-dealkylation sites (tertiary alicyclic amines) is 1. The maximum Gasteiger partial charge on any atom is 0.281 e. The van der Waals surface area contributed by atoms with E-state index in [9.17, 15) is 13.2 Å². The molecule has 0 N–H and O–H groups in total. The first kappa shape index (κ1) is 19.1. The molecule has 2 aliphatic heterocycles. The lowest BCUT2D eigenvalue weighted by Gasteiger charge is -2.32. The number of rotatable bonds is 5. The minimum absolute atomic E-state index is 0.0104. The van der Waals surface area contributed by atoms with Crippen LogP contribution in [0, 0.1) is 0 Å². The molecular formula is C18H27N3O4S. The van der Waals surface area contributed by atoms with Crippen molar-refractivity contribution in [1.29, 1.82) is 0 Å². The van der Waals surface area contributed by atoms with Crippen LogP contribution in [-0.4, -0.2) is 74.2 Å². The van der Waals surface area contributed by atoms with E-state index in [2.05, 4.69) is 0 Å². The molecule has 8 heteroatoms. The van der Waals surface area contributed by atoms with E-state index in [4.69, 9.17) is 4.74 Å². The molecule has 0 atom stereocenters. The smallest absolute Gasteiger partial charge is 0.281 e. The van der Waals surface area contributed by atoms with Crippen molar-refractivity contribution in [2.45, 2.75) is 31.8 Å². The number of ether oxygens (including phenoxy) is 1. The van der Waals surface area contributed by atoms with Gasteiger partial charge in [-0.3, -0.25) is 4.79 Å². The average Bonchev–Trinajstić information content (AvgIpc) is 3.17. The summed E-state index contributed by atoms with van der Waals surface area (Å²) in [5.41, 5.74) is 0.686. The van der Waals surface area contributed by atoms with Crippen LogP contribution in [0.2, 0.25) is 0 Å². The molecule has 2 saturated heterocycles. The normalized spacial score (nSPS) is 19.9. The molecule has 0 aliphatic carbocycles. The Morgan fingerprint density at radius 1 is 1.04 bits per heavy atom. The third kappa shape index (κ3) is 4.19. The van der Waals surface area contributed by atoms with E-state index in [1.165, 1.54) is 8.61 Å². The van der Waals surface area contributed by atoms with Crippen LogP contribution in [0.5, 0.6) is 5.75 Å². The molecule has 0 unspecified atom stereocenters. The van der Waals surface area contributed by atoms with Crippen molar-refractivity contribution in [3.63, 3.8) is 0 Å². The molecule has 0 radical (unpaired) electrons. The van der Waals surface area contributed by atoms with Crippen molar-refractivity contribution < 1.29 is 17.9 Å². The molecule has 2 fully saturated rings. The van der Waals surface area contributed by atoms with Crippen LogP contribution in [0.4, 0.5) is 0 Å². The van der Waals surface area contributed by atoms with Crippen LogP contribution in [0.15, 0.2) is 24.3 Å². The van der Waals surface area contributed by atoms with Crippen molar-refractivity contribution in [3.05, 3.63) is 29.8 Å². The first-order valence-electron chi connectivity index (χ1n) is 9.11. The first-order chi connectivity index (χ1) is 12.4. The Morgan fingerprint density at radius 2 is 1.62 bits per heavy atom. The van der Waals surface area contributed by atoms with Crippen molar-refractivity contribution in [2.24, 2.45) is 0 Å². The Labute approximate surface area is 155 Å². The Morgan fingerprint density at radius 3 is 2.15 bits per heavy atom. The van der Waals surface area contributed by atoms with Gasteiger partial charge in [0.1, 0.15) is 11.9 Å². The van der Waals surface area contributed by atoms with E-state index < -0.39 is 10.2 Å². The average molecular weight is 381 g/mol. The lowest BCUT2D eigenvalue weighted by atomic mass is 10.1. The molecule has 1 aromatic carbocycles. The fourth-order valence-corrected chi connectivity index (χ4v) is 4.52. The van der Waals surface area contributed by atoms with Crippen LogP contribution in [0.3, 0.4) is 0 Å². The molecule has 1 aromatic rings. The molecule has 26 heavy (non-hydrogen) atoms. The molecule has 0 bridgehead atoms. The summed E-state index contributed by atoms with van der Waals surface area (Å²) in [5, 5.41) is 0. The van der Waals surface area contributed by atoms with Crippen molar-refractivity contribution in [2.75, 3.05) is 40.3 Å². The Balaban J connectivity index is 1.53. The summed E-state index contributed by atoms with van der Waals surface area (Å²) in [4.78, 5) is 14.2.